The molecule has 0 bridgehead atoms. The van der Waals surface area contributed by atoms with Crippen LogP contribution >= 0.6 is 0 Å². The number of benzene rings is 2. The molecule has 0 aliphatic carbocycles. The van der Waals surface area contributed by atoms with Gasteiger partial charge in [0, 0.05) is 36.4 Å². The van der Waals surface area contributed by atoms with Crippen molar-refractivity contribution in [2.75, 3.05) is 22.4 Å². The lowest BCUT2D eigenvalue weighted by molar-refractivity contribution is -0.117. The van der Waals surface area contributed by atoms with Gasteiger partial charge in [-0.15, -0.1) is 0 Å². The summed E-state index contributed by atoms with van der Waals surface area (Å²) in [5, 5.41) is 2.81. The fourth-order valence-corrected chi connectivity index (χ4v) is 3.53. The van der Waals surface area contributed by atoms with Crippen molar-refractivity contribution < 1.29 is 18.0 Å². The van der Waals surface area contributed by atoms with Crippen molar-refractivity contribution >= 4 is 33.2 Å². The third kappa shape index (κ3) is 5.07. The molecule has 1 fully saturated rings. The van der Waals surface area contributed by atoms with Crippen LogP contribution in [0, 0.1) is 0 Å². The lowest BCUT2D eigenvalue weighted by Gasteiger charge is -2.16. The van der Waals surface area contributed by atoms with Gasteiger partial charge in [0.15, 0.2) is 0 Å². The zero-order valence-corrected chi connectivity index (χ0v) is 15.8. The fraction of sp³-hybridized carbons (Fsp3) is 0.263. The van der Waals surface area contributed by atoms with Crippen LogP contribution in [0.25, 0.3) is 0 Å². The summed E-state index contributed by atoms with van der Waals surface area (Å²) < 4.78 is 25.0. The van der Waals surface area contributed by atoms with Crippen LogP contribution in [-0.4, -0.2) is 33.0 Å². The van der Waals surface area contributed by atoms with Crippen LogP contribution in [-0.2, 0) is 21.4 Å². The molecular weight excluding hydrogens is 366 g/mol. The lowest BCUT2D eigenvalue weighted by atomic mass is 10.1. The standard InChI is InChI=1S/C19H21N3O4S/c1-27(25,26)21-16-7-2-5-14(11-16)13-20-19(24)15-6-3-8-17(12-15)22-10-4-9-18(22)23/h2-3,5-8,11-12,21H,4,9-10,13H2,1H3,(H,20,24). The smallest absolute Gasteiger partial charge is 0.251 e. The highest BCUT2D eigenvalue weighted by molar-refractivity contribution is 7.92. The van der Waals surface area contributed by atoms with Gasteiger partial charge in [-0.25, -0.2) is 8.42 Å². The van der Waals surface area contributed by atoms with E-state index in [2.05, 4.69) is 10.0 Å². The van der Waals surface area contributed by atoms with E-state index in [1.807, 2.05) is 6.07 Å². The Balaban J connectivity index is 1.66. The minimum absolute atomic E-state index is 0.0720. The van der Waals surface area contributed by atoms with Crippen molar-refractivity contribution in [1.29, 1.82) is 0 Å². The highest BCUT2D eigenvalue weighted by Crippen LogP contribution is 2.22. The van der Waals surface area contributed by atoms with Crippen LogP contribution in [0.4, 0.5) is 11.4 Å². The average molecular weight is 387 g/mol. The number of sulfonamides is 1. The third-order valence-electron chi connectivity index (χ3n) is 4.18. The quantitative estimate of drug-likeness (QED) is 0.794. The van der Waals surface area contributed by atoms with Crippen molar-refractivity contribution in [1.82, 2.24) is 5.32 Å². The predicted octanol–water partition coefficient (Wildman–Crippen LogP) is 2.11. The maximum absolute atomic E-state index is 12.5. The molecule has 8 heteroatoms. The molecular formula is C19H21N3O4S. The van der Waals surface area contributed by atoms with Crippen LogP contribution < -0.4 is 14.9 Å². The van der Waals surface area contributed by atoms with Gasteiger partial charge in [-0.2, -0.15) is 0 Å². The first-order chi connectivity index (χ1) is 12.8. The summed E-state index contributed by atoms with van der Waals surface area (Å²) in [7, 11) is -3.36. The number of rotatable bonds is 6. The second-order valence-corrected chi connectivity index (χ2v) is 8.20. The first-order valence-electron chi connectivity index (χ1n) is 8.57. The molecule has 0 atom stereocenters. The number of carbonyl (C=O) groups excluding carboxylic acids is 2. The predicted molar refractivity (Wildman–Crippen MR) is 104 cm³/mol. The van der Waals surface area contributed by atoms with E-state index >= 15 is 0 Å². The fourth-order valence-electron chi connectivity index (χ4n) is 2.98. The van der Waals surface area contributed by atoms with Crippen LogP contribution in [0.3, 0.4) is 0 Å². The number of hydrogen-bond donors (Lipinski definition) is 2. The Labute approximate surface area is 158 Å². The molecule has 0 spiro atoms. The SMILES string of the molecule is CS(=O)(=O)Nc1cccc(CNC(=O)c2cccc(N3CCCC3=O)c2)c1. The lowest BCUT2D eigenvalue weighted by Crippen LogP contribution is -2.25. The molecule has 7 nitrogen and oxygen atoms in total. The Morgan fingerprint density at radius 1 is 1.15 bits per heavy atom. The second-order valence-electron chi connectivity index (χ2n) is 6.46. The molecule has 2 aromatic rings. The maximum Gasteiger partial charge on any atom is 0.251 e. The molecule has 2 amide bonds. The number of carbonyl (C=O) groups is 2. The van der Waals surface area contributed by atoms with E-state index in [1.54, 1.807) is 47.4 Å². The molecule has 0 unspecified atom stereocenters. The summed E-state index contributed by atoms with van der Waals surface area (Å²) in [6.45, 7) is 0.926. The van der Waals surface area contributed by atoms with Crippen molar-refractivity contribution in [3.8, 4) is 0 Å². The van der Waals surface area contributed by atoms with Gasteiger partial charge in [-0.1, -0.05) is 18.2 Å². The zero-order chi connectivity index (χ0) is 19.4. The summed E-state index contributed by atoms with van der Waals surface area (Å²) in [6.07, 6.45) is 2.45. The van der Waals surface area contributed by atoms with Crippen molar-refractivity contribution in [3.63, 3.8) is 0 Å². The van der Waals surface area contributed by atoms with E-state index in [1.165, 1.54) is 0 Å². The largest absolute Gasteiger partial charge is 0.348 e. The van der Waals surface area contributed by atoms with E-state index in [9.17, 15) is 18.0 Å². The second kappa shape index (κ2) is 7.79. The molecule has 0 radical (unpaired) electrons. The minimum atomic E-state index is -3.36. The number of nitrogens with one attached hydrogen (secondary N) is 2. The Kier molecular flexibility index (Phi) is 5.46. The Bertz CT molecular complexity index is 972. The van der Waals surface area contributed by atoms with E-state index in [-0.39, 0.29) is 18.4 Å². The van der Waals surface area contributed by atoms with Gasteiger partial charge in [0.1, 0.15) is 0 Å². The molecule has 1 saturated heterocycles. The molecule has 27 heavy (non-hydrogen) atoms. The highest BCUT2D eigenvalue weighted by Gasteiger charge is 2.22. The van der Waals surface area contributed by atoms with Crippen LogP contribution in [0.5, 0.6) is 0 Å². The van der Waals surface area contributed by atoms with Crippen LogP contribution in [0.15, 0.2) is 48.5 Å². The first kappa shape index (κ1) is 18.9. The topological polar surface area (TPSA) is 95.6 Å². The molecule has 1 heterocycles. The molecule has 2 N–H and O–H groups in total. The number of anilines is 2. The first-order valence-corrected chi connectivity index (χ1v) is 10.5. The number of amides is 2. The van der Waals surface area contributed by atoms with Crippen molar-refractivity contribution in [3.05, 3.63) is 59.7 Å². The minimum Gasteiger partial charge on any atom is -0.348 e. The van der Waals surface area contributed by atoms with Gasteiger partial charge >= 0.3 is 0 Å². The average Bonchev–Trinajstić information content (AvgIpc) is 3.05. The van der Waals surface area contributed by atoms with Gasteiger partial charge in [-0.3, -0.25) is 14.3 Å². The van der Waals surface area contributed by atoms with E-state index in [0.29, 0.717) is 24.2 Å². The summed E-state index contributed by atoms with van der Waals surface area (Å²) in [5.74, 6) is -0.187. The van der Waals surface area contributed by atoms with E-state index < -0.39 is 10.0 Å². The molecule has 2 aromatic carbocycles. The van der Waals surface area contributed by atoms with Gasteiger partial charge in [-0.05, 0) is 42.3 Å². The molecule has 3 rings (SSSR count). The Morgan fingerprint density at radius 3 is 2.63 bits per heavy atom. The van der Waals surface area contributed by atoms with Crippen molar-refractivity contribution in [2.24, 2.45) is 0 Å². The Morgan fingerprint density at radius 2 is 1.93 bits per heavy atom. The van der Waals surface area contributed by atoms with E-state index in [4.69, 9.17) is 0 Å². The summed E-state index contributed by atoms with van der Waals surface area (Å²) in [6, 6.07) is 13.8. The third-order valence-corrected chi connectivity index (χ3v) is 4.78. The van der Waals surface area contributed by atoms with Crippen LogP contribution in [0.2, 0.25) is 0 Å². The van der Waals surface area contributed by atoms with Crippen molar-refractivity contribution in [2.45, 2.75) is 19.4 Å². The highest BCUT2D eigenvalue weighted by atomic mass is 32.2. The maximum atomic E-state index is 12.5. The molecule has 1 aliphatic rings. The Hall–Kier alpha value is -2.87. The molecule has 0 aromatic heterocycles. The van der Waals surface area contributed by atoms with Gasteiger partial charge in [0.25, 0.3) is 5.91 Å². The van der Waals surface area contributed by atoms with Crippen LogP contribution in [0.1, 0.15) is 28.8 Å². The summed E-state index contributed by atoms with van der Waals surface area (Å²) in [5.41, 5.74) is 2.41. The monoisotopic (exact) mass is 387 g/mol. The number of hydrogen-bond acceptors (Lipinski definition) is 4. The normalized spacial score (nSPS) is 14.3. The van der Waals surface area contributed by atoms with Gasteiger partial charge < -0.3 is 10.2 Å². The van der Waals surface area contributed by atoms with E-state index in [0.717, 1.165) is 23.9 Å². The van der Waals surface area contributed by atoms with Gasteiger partial charge in [0.2, 0.25) is 15.9 Å². The number of nitrogens with zero attached hydrogens (tertiary/aromatic N) is 1. The molecule has 1 aliphatic heterocycles. The molecule has 142 valence electrons. The van der Waals surface area contributed by atoms with Gasteiger partial charge in [0.05, 0.1) is 6.26 Å². The summed E-state index contributed by atoms with van der Waals surface area (Å²) >= 11 is 0. The molecule has 0 saturated carbocycles. The summed E-state index contributed by atoms with van der Waals surface area (Å²) in [4.78, 5) is 26.0. The zero-order valence-electron chi connectivity index (χ0n) is 14.9.